The number of amides is 3. The highest BCUT2D eigenvalue weighted by Crippen LogP contribution is 2.30. The predicted octanol–water partition coefficient (Wildman–Crippen LogP) is 4.39. The molecule has 1 saturated heterocycles. The minimum Gasteiger partial charge on any atom is -0.351 e. The summed E-state index contributed by atoms with van der Waals surface area (Å²) in [5, 5.41) is 5.91. The normalized spacial score (nSPS) is 19.0. The third kappa shape index (κ3) is 5.13. The van der Waals surface area contributed by atoms with Gasteiger partial charge in [0.2, 0.25) is 5.91 Å². The van der Waals surface area contributed by atoms with E-state index in [0.717, 1.165) is 35.2 Å². The second-order valence-electron chi connectivity index (χ2n) is 8.14. The zero-order chi connectivity index (χ0) is 21.0. The topological polar surface area (TPSA) is 61.4 Å². The summed E-state index contributed by atoms with van der Waals surface area (Å²) >= 11 is 0. The molecule has 6 heteroatoms. The lowest BCUT2D eigenvalue weighted by Gasteiger charge is -2.39. The average molecular weight is 397 g/mol. The molecule has 154 valence electrons. The number of halogens is 1. The van der Waals surface area contributed by atoms with E-state index in [-0.39, 0.29) is 17.8 Å². The number of likely N-dealkylation sites (tertiary alicyclic amines) is 1. The van der Waals surface area contributed by atoms with E-state index < -0.39 is 5.41 Å². The molecule has 1 aliphatic rings. The van der Waals surface area contributed by atoms with Gasteiger partial charge in [0, 0.05) is 25.3 Å². The molecule has 29 heavy (non-hydrogen) atoms. The van der Waals surface area contributed by atoms with Crippen LogP contribution in [0.2, 0.25) is 0 Å². The number of rotatable bonds is 4. The highest BCUT2D eigenvalue weighted by Gasteiger charge is 2.39. The maximum atomic E-state index is 13.0. The van der Waals surface area contributed by atoms with Crippen molar-refractivity contribution in [3.63, 3.8) is 0 Å². The van der Waals surface area contributed by atoms with Gasteiger partial charge < -0.3 is 15.5 Å². The first-order valence-electron chi connectivity index (χ1n) is 9.93. The summed E-state index contributed by atoms with van der Waals surface area (Å²) in [6, 6.07) is 11.8. The molecule has 3 rings (SSSR count). The van der Waals surface area contributed by atoms with Gasteiger partial charge in [-0.1, -0.05) is 24.3 Å². The Labute approximate surface area is 171 Å². The van der Waals surface area contributed by atoms with Gasteiger partial charge in [-0.05, 0) is 68.5 Å². The van der Waals surface area contributed by atoms with Crippen molar-refractivity contribution in [1.82, 2.24) is 10.2 Å². The Morgan fingerprint density at radius 2 is 1.86 bits per heavy atom. The molecule has 3 amide bonds. The maximum Gasteiger partial charge on any atom is 0.321 e. The van der Waals surface area contributed by atoms with Gasteiger partial charge in [-0.3, -0.25) is 4.79 Å². The summed E-state index contributed by atoms with van der Waals surface area (Å²) < 4.78 is 13.0. The van der Waals surface area contributed by atoms with Crippen LogP contribution in [-0.2, 0) is 11.3 Å². The Morgan fingerprint density at radius 3 is 2.59 bits per heavy atom. The van der Waals surface area contributed by atoms with Crippen LogP contribution in [0, 0.1) is 25.1 Å². The van der Waals surface area contributed by atoms with Crippen LogP contribution in [0.5, 0.6) is 0 Å². The van der Waals surface area contributed by atoms with Gasteiger partial charge in [0.25, 0.3) is 0 Å². The number of carbonyl (C=O) groups is 2. The van der Waals surface area contributed by atoms with Gasteiger partial charge in [0.1, 0.15) is 5.82 Å². The fraction of sp³-hybridized carbons (Fsp3) is 0.391. The number of piperidine rings is 1. The van der Waals surface area contributed by atoms with Crippen molar-refractivity contribution in [2.24, 2.45) is 5.41 Å². The van der Waals surface area contributed by atoms with Gasteiger partial charge in [0.15, 0.2) is 0 Å². The lowest BCUT2D eigenvalue weighted by molar-refractivity contribution is -0.132. The smallest absolute Gasteiger partial charge is 0.321 e. The van der Waals surface area contributed by atoms with E-state index in [9.17, 15) is 14.0 Å². The maximum absolute atomic E-state index is 13.0. The van der Waals surface area contributed by atoms with Crippen molar-refractivity contribution in [3.8, 4) is 0 Å². The standard InChI is InChI=1S/C23H28FN3O2/c1-16-5-6-17(2)20(13-16)26-22(29)27-12-4-11-23(3,15-27)21(28)25-14-18-7-9-19(24)10-8-18/h5-10,13H,4,11-12,14-15H2,1-3H3,(H,25,28)(H,26,29)/t23-/m0/s1. The van der Waals surface area contributed by atoms with Crippen LogP contribution in [-0.4, -0.2) is 29.9 Å². The zero-order valence-electron chi connectivity index (χ0n) is 17.2. The van der Waals surface area contributed by atoms with E-state index in [1.54, 1.807) is 17.0 Å². The third-order valence-electron chi connectivity index (χ3n) is 5.53. The van der Waals surface area contributed by atoms with Gasteiger partial charge >= 0.3 is 6.03 Å². The second kappa shape index (κ2) is 8.64. The number of nitrogens with one attached hydrogen (secondary N) is 2. The first-order chi connectivity index (χ1) is 13.8. The van der Waals surface area contributed by atoms with Gasteiger partial charge in [-0.2, -0.15) is 0 Å². The predicted molar refractivity (Wildman–Crippen MR) is 112 cm³/mol. The van der Waals surface area contributed by atoms with E-state index >= 15 is 0 Å². The number of aryl methyl sites for hydroxylation is 2. The minimum absolute atomic E-state index is 0.0916. The van der Waals surface area contributed by atoms with Crippen LogP contribution in [0.4, 0.5) is 14.9 Å². The highest BCUT2D eigenvalue weighted by atomic mass is 19.1. The lowest BCUT2D eigenvalue weighted by Crippen LogP contribution is -2.52. The SMILES string of the molecule is Cc1ccc(C)c(NC(=O)N2CCC[C@](C)(C(=O)NCc3ccc(F)cc3)C2)c1. The number of anilines is 1. The zero-order valence-corrected chi connectivity index (χ0v) is 17.2. The average Bonchev–Trinajstić information content (AvgIpc) is 2.70. The second-order valence-corrected chi connectivity index (χ2v) is 8.14. The minimum atomic E-state index is -0.655. The van der Waals surface area contributed by atoms with Crippen LogP contribution in [0.3, 0.4) is 0 Å². The molecular formula is C23H28FN3O2. The molecule has 2 aromatic rings. The van der Waals surface area contributed by atoms with Crippen LogP contribution in [0.15, 0.2) is 42.5 Å². The van der Waals surface area contributed by atoms with E-state index in [2.05, 4.69) is 10.6 Å². The molecule has 1 heterocycles. The van der Waals surface area contributed by atoms with E-state index in [4.69, 9.17) is 0 Å². The number of nitrogens with zero attached hydrogens (tertiary/aromatic N) is 1. The highest BCUT2D eigenvalue weighted by molar-refractivity contribution is 5.91. The molecule has 0 unspecified atom stereocenters. The summed E-state index contributed by atoms with van der Waals surface area (Å²) in [4.78, 5) is 27.4. The van der Waals surface area contributed by atoms with E-state index in [0.29, 0.717) is 19.6 Å². The fourth-order valence-corrected chi connectivity index (χ4v) is 3.66. The molecule has 5 nitrogen and oxygen atoms in total. The van der Waals surface area contributed by atoms with E-state index in [1.807, 2.05) is 39.0 Å². The van der Waals surface area contributed by atoms with Crippen LogP contribution >= 0.6 is 0 Å². The molecular weight excluding hydrogens is 369 g/mol. The largest absolute Gasteiger partial charge is 0.351 e. The Bertz CT molecular complexity index is 897. The quantitative estimate of drug-likeness (QED) is 0.804. The van der Waals surface area contributed by atoms with Crippen molar-refractivity contribution < 1.29 is 14.0 Å². The summed E-state index contributed by atoms with van der Waals surface area (Å²) in [5.41, 5.74) is 3.05. The molecule has 0 aromatic heterocycles. The molecule has 0 aliphatic carbocycles. The van der Waals surface area contributed by atoms with Crippen molar-refractivity contribution in [2.45, 2.75) is 40.2 Å². The Balaban J connectivity index is 1.61. The van der Waals surface area contributed by atoms with Crippen LogP contribution in [0.1, 0.15) is 36.5 Å². The molecule has 1 aliphatic heterocycles. The fourth-order valence-electron chi connectivity index (χ4n) is 3.66. The summed E-state index contributed by atoms with van der Waals surface area (Å²) in [6.07, 6.45) is 1.48. The van der Waals surface area contributed by atoms with Crippen LogP contribution in [0.25, 0.3) is 0 Å². The number of hydrogen-bond acceptors (Lipinski definition) is 2. The molecule has 0 spiro atoms. The number of carbonyl (C=O) groups excluding carboxylic acids is 2. The lowest BCUT2D eigenvalue weighted by atomic mass is 9.81. The Hall–Kier alpha value is -2.89. The molecule has 2 aromatic carbocycles. The molecule has 0 radical (unpaired) electrons. The van der Waals surface area contributed by atoms with E-state index in [1.165, 1.54) is 12.1 Å². The number of urea groups is 1. The number of benzene rings is 2. The van der Waals surface area contributed by atoms with Crippen molar-refractivity contribution in [2.75, 3.05) is 18.4 Å². The summed E-state index contributed by atoms with van der Waals surface area (Å²) in [5.74, 6) is -0.393. The molecule has 1 atom stereocenters. The molecule has 1 fully saturated rings. The Kier molecular flexibility index (Phi) is 6.20. The van der Waals surface area contributed by atoms with Crippen molar-refractivity contribution in [3.05, 3.63) is 65.0 Å². The Morgan fingerprint density at radius 1 is 1.14 bits per heavy atom. The molecule has 0 saturated carbocycles. The first-order valence-corrected chi connectivity index (χ1v) is 9.93. The molecule has 2 N–H and O–H groups in total. The van der Waals surface area contributed by atoms with Crippen molar-refractivity contribution in [1.29, 1.82) is 0 Å². The van der Waals surface area contributed by atoms with Gasteiger partial charge in [-0.25, -0.2) is 9.18 Å². The third-order valence-corrected chi connectivity index (χ3v) is 5.53. The number of hydrogen-bond donors (Lipinski definition) is 2. The summed E-state index contributed by atoms with van der Waals surface area (Å²) in [7, 11) is 0. The van der Waals surface area contributed by atoms with Crippen LogP contribution < -0.4 is 10.6 Å². The monoisotopic (exact) mass is 397 g/mol. The molecule has 0 bridgehead atoms. The van der Waals surface area contributed by atoms with Crippen molar-refractivity contribution >= 4 is 17.6 Å². The first kappa shape index (κ1) is 20.8. The van der Waals surface area contributed by atoms with Gasteiger partial charge in [-0.15, -0.1) is 0 Å². The summed E-state index contributed by atoms with van der Waals surface area (Å²) in [6.45, 7) is 7.15. The van der Waals surface area contributed by atoms with Gasteiger partial charge in [0.05, 0.1) is 5.41 Å².